The average Bonchev–Trinajstić information content (AvgIpc) is 3.49. The van der Waals surface area contributed by atoms with Crippen LogP contribution in [0.3, 0.4) is 0 Å². The van der Waals surface area contributed by atoms with Crippen LogP contribution >= 0.6 is 14.3 Å². The zero-order valence-corrected chi connectivity index (χ0v) is 27.6. The second-order valence-corrected chi connectivity index (χ2v) is 17.5. The second kappa shape index (κ2) is 12.0. The number of allylic oxidation sites excluding steroid dienone is 4. The van der Waals surface area contributed by atoms with Crippen LogP contribution in [-0.2, 0) is 9.13 Å². The summed E-state index contributed by atoms with van der Waals surface area (Å²) >= 11 is 0. The van der Waals surface area contributed by atoms with Crippen LogP contribution < -0.4 is 26.5 Å². The molecule has 228 valence electrons. The van der Waals surface area contributed by atoms with E-state index in [1.54, 1.807) is 0 Å². The molecule has 1 atom stereocenters. The van der Waals surface area contributed by atoms with E-state index in [2.05, 4.69) is 53.1 Å². The van der Waals surface area contributed by atoms with Gasteiger partial charge in [-0.2, -0.15) is 0 Å². The second-order valence-electron chi connectivity index (χ2n) is 11.9. The smallest absolute Gasteiger partial charge is 0.171 e. The highest BCUT2D eigenvalue weighted by Gasteiger charge is 2.33. The van der Waals surface area contributed by atoms with Gasteiger partial charge in [0.25, 0.3) is 0 Å². The summed E-state index contributed by atoms with van der Waals surface area (Å²) in [5.41, 5.74) is 2.92. The van der Waals surface area contributed by atoms with E-state index in [0.717, 1.165) is 72.2 Å². The SMILES string of the molecule is O=P(C1=CC=CCC1)(c1ccccc1)c1ccc2c3ccc(P(=O)(c4ccccc4)c4ccccc4)cc3n(-c3ccccc3)c2c1. The average molecular weight is 646 g/mol. The summed E-state index contributed by atoms with van der Waals surface area (Å²) in [6, 6.07) is 52.3. The number of rotatable bonds is 7. The van der Waals surface area contributed by atoms with Crippen molar-refractivity contribution in [2.24, 2.45) is 0 Å². The van der Waals surface area contributed by atoms with Crippen molar-refractivity contribution in [3.63, 3.8) is 0 Å². The Morgan fingerprint density at radius 1 is 0.468 bits per heavy atom. The molecule has 0 spiro atoms. The molecule has 0 amide bonds. The maximum Gasteiger partial charge on any atom is 0.171 e. The molecule has 7 aromatic rings. The zero-order valence-electron chi connectivity index (χ0n) is 25.8. The summed E-state index contributed by atoms with van der Waals surface area (Å²) in [5.74, 6) is 0. The topological polar surface area (TPSA) is 39.1 Å². The highest BCUT2D eigenvalue weighted by molar-refractivity contribution is 7.85. The summed E-state index contributed by atoms with van der Waals surface area (Å²) in [6.07, 6.45) is 7.86. The Balaban J connectivity index is 1.42. The van der Waals surface area contributed by atoms with Gasteiger partial charge in [-0.25, -0.2) is 0 Å². The Hall–Kier alpha value is -4.94. The summed E-state index contributed by atoms with van der Waals surface area (Å²) < 4.78 is 33.1. The maximum absolute atomic E-state index is 15.4. The predicted octanol–water partition coefficient (Wildman–Crippen LogP) is 8.97. The highest BCUT2D eigenvalue weighted by Crippen LogP contribution is 2.55. The number of nitrogens with zero attached hydrogens (tertiary/aromatic N) is 1. The van der Waals surface area contributed by atoms with Crippen LogP contribution in [0.25, 0.3) is 27.5 Å². The third-order valence-electron chi connectivity index (χ3n) is 9.23. The van der Waals surface area contributed by atoms with E-state index in [1.165, 1.54) is 0 Å². The van der Waals surface area contributed by atoms with Crippen LogP contribution in [0.5, 0.6) is 0 Å². The molecule has 47 heavy (non-hydrogen) atoms. The van der Waals surface area contributed by atoms with Crippen molar-refractivity contribution in [3.8, 4) is 5.69 Å². The van der Waals surface area contributed by atoms with E-state index in [9.17, 15) is 0 Å². The summed E-state index contributed by atoms with van der Waals surface area (Å²) in [7, 11) is -6.32. The first kappa shape index (κ1) is 29.5. The zero-order chi connectivity index (χ0) is 31.8. The van der Waals surface area contributed by atoms with Gasteiger partial charge in [-0.3, -0.25) is 0 Å². The van der Waals surface area contributed by atoms with Gasteiger partial charge in [0.15, 0.2) is 14.3 Å². The van der Waals surface area contributed by atoms with Crippen LogP contribution in [0.15, 0.2) is 181 Å². The molecule has 0 N–H and O–H groups in total. The quantitative estimate of drug-likeness (QED) is 0.162. The van der Waals surface area contributed by atoms with E-state index >= 15 is 9.13 Å². The maximum atomic E-state index is 15.4. The van der Waals surface area contributed by atoms with Crippen LogP contribution in [0, 0.1) is 0 Å². The van der Waals surface area contributed by atoms with E-state index < -0.39 is 14.3 Å². The Kier molecular flexibility index (Phi) is 7.53. The number of benzene rings is 6. The fourth-order valence-corrected chi connectivity index (χ4v) is 12.5. The highest BCUT2D eigenvalue weighted by atomic mass is 31.2. The molecule has 0 saturated carbocycles. The molecular weight excluding hydrogens is 612 g/mol. The summed E-state index contributed by atoms with van der Waals surface area (Å²) in [4.78, 5) is 0. The van der Waals surface area contributed by atoms with Gasteiger partial charge in [0.1, 0.15) is 0 Å². The molecule has 0 bridgehead atoms. The van der Waals surface area contributed by atoms with Crippen molar-refractivity contribution in [1.82, 2.24) is 4.57 Å². The summed E-state index contributed by atoms with van der Waals surface area (Å²) in [6.45, 7) is 0. The van der Waals surface area contributed by atoms with Crippen molar-refractivity contribution in [3.05, 3.63) is 181 Å². The molecule has 0 saturated heterocycles. The molecular formula is C42H33NO2P2. The minimum Gasteiger partial charge on any atom is -0.309 e. The van der Waals surface area contributed by atoms with Crippen molar-refractivity contribution < 1.29 is 9.13 Å². The lowest BCUT2D eigenvalue weighted by Gasteiger charge is -2.24. The molecule has 1 aliphatic carbocycles. The van der Waals surface area contributed by atoms with Gasteiger partial charge in [-0.15, -0.1) is 0 Å². The van der Waals surface area contributed by atoms with Gasteiger partial charge in [0, 0.05) is 43.0 Å². The molecule has 5 heteroatoms. The Bertz CT molecular complexity index is 2350. The first-order valence-corrected chi connectivity index (χ1v) is 19.4. The Labute approximate surface area is 275 Å². The Morgan fingerprint density at radius 3 is 1.38 bits per heavy atom. The molecule has 6 aromatic carbocycles. The van der Waals surface area contributed by atoms with Gasteiger partial charge < -0.3 is 13.7 Å². The lowest BCUT2D eigenvalue weighted by Crippen LogP contribution is -2.25. The van der Waals surface area contributed by atoms with Crippen molar-refractivity contribution in [2.45, 2.75) is 12.8 Å². The molecule has 1 unspecified atom stereocenters. The largest absolute Gasteiger partial charge is 0.309 e. The van der Waals surface area contributed by atoms with Crippen LogP contribution in [0.1, 0.15) is 12.8 Å². The fourth-order valence-electron chi connectivity index (χ4n) is 6.94. The fraction of sp³-hybridized carbons (Fsp3) is 0.0476. The molecule has 1 aliphatic rings. The summed E-state index contributed by atoms with van der Waals surface area (Å²) in [5, 5.41) is 7.13. The van der Waals surface area contributed by atoms with Crippen LogP contribution in [0.2, 0.25) is 0 Å². The molecule has 0 fully saturated rings. The molecule has 1 aromatic heterocycles. The minimum atomic E-state index is -3.20. The first-order valence-electron chi connectivity index (χ1n) is 16.0. The van der Waals surface area contributed by atoms with E-state index in [-0.39, 0.29) is 0 Å². The van der Waals surface area contributed by atoms with Crippen LogP contribution in [0.4, 0.5) is 0 Å². The van der Waals surface area contributed by atoms with Crippen molar-refractivity contribution in [2.75, 3.05) is 0 Å². The van der Waals surface area contributed by atoms with E-state index in [0.29, 0.717) is 0 Å². The standard InChI is InChI=1S/C42H33NO2P2/c44-46(33-18-8-2-9-19-33,34-20-10-3-11-21-34)37-26-28-39-40-29-27-38(31-42(40)43(41(39)30-37)32-16-6-1-7-17-32)47(45,35-22-12-4-13-23-35)36-24-14-5-15-25-36/h1-14,16-24,26-31H,15,25H2. The molecule has 0 radical (unpaired) electrons. The number of fused-ring (bicyclic) bond motifs is 3. The van der Waals surface area contributed by atoms with Crippen molar-refractivity contribution >= 4 is 62.6 Å². The number of hydrogen-bond donors (Lipinski definition) is 0. The van der Waals surface area contributed by atoms with Gasteiger partial charge in [0.2, 0.25) is 0 Å². The van der Waals surface area contributed by atoms with Gasteiger partial charge in [-0.1, -0.05) is 152 Å². The minimum absolute atomic E-state index is 0.764. The molecule has 8 rings (SSSR count). The number of para-hydroxylation sites is 1. The number of hydrogen-bond acceptors (Lipinski definition) is 2. The lowest BCUT2D eigenvalue weighted by molar-refractivity contribution is 0.589. The lowest BCUT2D eigenvalue weighted by atomic mass is 10.1. The van der Waals surface area contributed by atoms with Gasteiger partial charge >= 0.3 is 0 Å². The van der Waals surface area contributed by atoms with Crippen molar-refractivity contribution in [1.29, 1.82) is 0 Å². The molecule has 3 nitrogen and oxygen atoms in total. The molecule has 1 heterocycles. The first-order chi connectivity index (χ1) is 23.1. The normalized spacial score (nSPS) is 14.6. The molecule has 0 aliphatic heterocycles. The van der Waals surface area contributed by atoms with E-state index in [4.69, 9.17) is 0 Å². The van der Waals surface area contributed by atoms with Crippen LogP contribution in [-0.4, -0.2) is 4.57 Å². The monoisotopic (exact) mass is 645 g/mol. The third-order valence-corrected chi connectivity index (χ3v) is 15.5. The van der Waals surface area contributed by atoms with Gasteiger partial charge in [0.05, 0.1) is 11.0 Å². The van der Waals surface area contributed by atoms with E-state index in [1.807, 2.05) is 127 Å². The Morgan fingerprint density at radius 2 is 0.915 bits per heavy atom. The predicted molar refractivity (Wildman–Crippen MR) is 200 cm³/mol. The third kappa shape index (κ3) is 4.90. The van der Waals surface area contributed by atoms with Gasteiger partial charge in [-0.05, 0) is 42.4 Å². The number of aromatic nitrogens is 1.